The highest BCUT2D eigenvalue weighted by molar-refractivity contribution is 7.98. The van der Waals surface area contributed by atoms with Crippen LogP contribution in [-0.4, -0.2) is 31.6 Å². The lowest BCUT2D eigenvalue weighted by Crippen LogP contribution is -2.11. The van der Waals surface area contributed by atoms with Gasteiger partial charge in [-0.25, -0.2) is 4.68 Å². The highest BCUT2D eigenvalue weighted by Gasteiger charge is 2.16. The first-order valence-electron chi connectivity index (χ1n) is 8.47. The van der Waals surface area contributed by atoms with Crippen molar-refractivity contribution in [2.45, 2.75) is 17.5 Å². The van der Waals surface area contributed by atoms with Crippen LogP contribution in [0.3, 0.4) is 0 Å². The average Bonchev–Trinajstić information content (AvgIpc) is 3.34. The Morgan fingerprint density at radius 3 is 2.63 bits per heavy atom. The third-order valence-corrected chi connectivity index (χ3v) is 5.17. The Balaban J connectivity index is 1.44. The fourth-order valence-corrected chi connectivity index (χ4v) is 3.46. The van der Waals surface area contributed by atoms with Gasteiger partial charge in [0.1, 0.15) is 5.75 Å². The molecule has 0 aliphatic carbocycles. The first kappa shape index (κ1) is 20.1. The number of alkyl halides is 2. The molecular formula is C18H13ClF2N6O2S. The van der Waals surface area contributed by atoms with Crippen LogP contribution >= 0.6 is 23.4 Å². The number of benzene rings is 2. The van der Waals surface area contributed by atoms with Crippen LogP contribution in [-0.2, 0) is 5.75 Å². The third-order valence-electron chi connectivity index (χ3n) is 3.91. The van der Waals surface area contributed by atoms with Crippen LogP contribution in [0.4, 0.5) is 8.78 Å². The van der Waals surface area contributed by atoms with Crippen LogP contribution in [0.1, 0.15) is 5.89 Å². The van der Waals surface area contributed by atoms with Gasteiger partial charge in [0.2, 0.25) is 16.9 Å². The van der Waals surface area contributed by atoms with E-state index >= 15 is 0 Å². The van der Waals surface area contributed by atoms with Crippen molar-refractivity contribution in [3.05, 3.63) is 59.4 Å². The molecule has 0 saturated heterocycles. The molecule has 0 fully saturated rings. The van der Waals surface area contributed by atoms with Gasteiger partial charge in [-0.1, -0.05) is 40.7 Å². The second kappa shape index (κ2) is 8.67. The standard InChI is InChI=1S/C18H13ClF2N6O2S/c19-13-4-2-1-3-12(13)15-23-14(29-26-15)9-30-18-25-24-16(27(18)22)10-5-7-11(8-6-10)28-17(20)21/h1-8,17H,9,22H2. The minimum Gasteiger partial charge on any atom is -0.435 e. The van der Waals surface area contributed by atoms with Crippen LogP contribution < -0.4 is 10.6 Å². The van der Waals surface area contributed by atoms with Gasteiger partial charge < -0.3 is 15.1 Å². The van der Waals surface area contributed by atoms with Crippen molar-refractivity contribution >= 4 is 23.4 Å². The maximum Gasteiger partial charge on any atom is 0.387 e. The van der Waals surface area contributed by atoms with Crippen molar-refractivity contribution in [3.63, 3.8) is 0 Å². The number of nitrogens with two attached hydrogens (primary N) is 1. The van der Waals surface area contributed by atoms with Gasteiger partial charge in [-0.15, -0.1) is 10.2 Å². The Hall–Kier alpha value is -3.18. The summed E-state index contributed by atoms with van der Waals surface area (Å²) >= 11 is 7.40. The molecule has 0 atom stereocenters. The number of hydrogen-bond donors (Lipinski definition) is 1. The Kier molecular flexibility index (Phi) is 5.81. The monoisotopic (exact) mass is 450 g/mol. The van der Waals surface area contributed by atoms with E-state index in [0.717, 1.165) is 0 Å². The summed E-state index contributed by atoms with van der Waals surface area (Å²) in [5.41, 5.74) is 1.26. The Bertz CT molecular complexity index is 1150. The normalized spacial score (nSPS) is 11.2. The predicted octanol–water partition coefficient (Wildman–Crippen LogP) is 4.26. The van der Waals surface area contributed by atoms with Crippen molar-refractivity contribution in [1.82, 2.24) is 25.0 Å². The molecule has 2 aromatic carbocycles. The Morgan fingerprint density at radius 2 is 1.90 bits per heavy atom. The number of ether oxygens (including phenoxy) is 1. The van der Waals surface area contributed by atoms with Crippen LogP contribution in [0.15, 0.2) is 58.2 Å². The number of hydrogen-bond acceptors (Lipinski definition) is 8. The van der Waals surface area contributed by atoms with E-state index < -0.39 is 6.61 Å². The molecule has 0 aliphatic heterocycles. The number of nitrogen functional groups attached to an aromatic ring is 1. The SMILES string of the molecule is Nn1c(SCc2nc(-c3ccccc3Cl)no2)nnc1-c1ccc(OC(F)F)cc1. The molecule has 4 rings (SSSR count). The van der Waals surface area contributed by atoms with Gasteiger partial charge in [-0.2, -0.15) is 13.8 Å². The zero-order chi connectivity index (χ0) is 21.1. The van der Waals surface area contributed by atoms with E-state index in [-0.39, 0.29) is 5.75 Å². The summed E-state index contributed by atoms with van der Waals surface area (Å²) in [6, 6.07) is 13.1. The summed E-state index contributed by atoms with van der Waals surface area (Å²) < 4.78 is 35.4. The first-order chi connectivity index (χ1) is 14.5. The molecule has 0 radical (unpaired) electrons. The minimum absolute atomic E-state index is 0.0390. The molecule has 30 heavy (non-hydrogen) atoms. The maximum absolute atomic E-state index is 12.3. The Morgan fingerprint density at radius 1 is 1.13 bits per heavy atom. The number of thioether (sulfide) groups is 1. The zero-order valence-corrected chi connectivity index (χ0v) is 16.6. The minimum atomic E-state index is -2.89. The van der Waals surface area contributed by atoms with E-state index in [1.54, 1.807) is 24.3 Å². The lowest BCUT2D eigenvalue weighted by molar-refractivity contribution is -0.0498. The quantitative estimate of drug-likeness (QED) is 0.329. The molecule has 0 amide bonds. The topological polar surface area (TPSA) is 105 Å². The van der Waals surface area contributed by atoms with E-state index in [1.165, 1.54) is 28.6 Å². The maximum atomic E-state index is 12.3. The average molecular weight is 451 g/mol. The first-order valence-corrected chi connectivity index (χ1v) is 9.83. The van der Waals surface area contributed by atoms with Gasteiger partial charge in [0, 0.05) is 11.1 Å². The van der Waals surface area contributed by atoms with Gasteiger partial charge in [0.25, 0.3) is 0 Å². The highest BCUT2D eigenvalue weighted by atomic mass is 35.5. The molecule has 154 valence electrons. The van der Waals surface area contributed by atoms with Crippen LogP contribution in [0.5, 0.6) is 5.75 Å². The van der Waals surface area contributed by atoms with Crippen LogP contribution in [0.2, 0.25) is 5.02 Å². The molecule has 4 aromatic rings. The molecule has 0 bridgehead atoms. The summed E-state index contributed by atoms with van der Waals surface area (Å²) in [5, 5.41) is 13.0. The number of halogens is 3. The second-order valence-corrected chi connectivity index (χ2v) is 7.21. The van der Waals surface area contributed by atoms with E-state index in [1.807, 2.05) is 12.1 Å². The van der Waals surface area contributed by atoms with Gasteiger partial charge in [0.05, 0.1) is 10.8 Å². The van der Waals surface area contributed by atoms with E-state index in [0.29, 0.717) is 44.6 Å². The third kappa shape index (κ3) is 4.36. The lowest BCUT2D eigenvalue weighted by Gasteiger charge is -2.06. The lowest BCUT2D eigenvalue weighted by atomic mass is 10.2. The molecule has 0 aliphatic rings. The Labute approximate surface area is 178 Å². The fourth-order valence-electron chi connectivity index (χ4n) is 2.55. The predicted molar refractivity (Wildman–Crippen MR) is 107 cm³/mol. The van der Waals surface area contributed by atoms with E-state index in [4.69, 9.17) is 22.0 Å². The molecule has 8 nitrogen and oxygen atoms in total. The fraction of sp³-hybridized carbons (Fsp3) is 0.111. The van der Waals surface area contributed by atoms with Crippen molar-refractivity contribution in [3.8, 4) is 28.5 Å². The van der Waals surface area contributed by atoms with Gasteiger partial charge >= 0.3 is 6.61 Å². The van der Waals surface area contributed by atoms with Gasteiger partial charge in [-0.05, 0) is 36.4 Å². The second-order valence-electron chi connectivity index (χ2n) is 5.86. The number of nitrogens with zero attached hydrogens (tertiary/aromatic N) is 5. The van der Waals surface area contributed by atoms with Crippen LogP contribution in [0.25, 0.3) is 22.8 Å². The smallest absolute Gasteiger partial charge is 0.387 e. The summed E-state index contributed by atoms with van der Waals surface area (Å²) in [4.78, 5) is 4.33. The molecule has 0 unspecified atom stereocenters. The highest BCUT2D eigenvalue weighted by Crippen LogP contribution is 2.28. The van der Waals surface area contributed by atoms with Crippen LogP contribution in [0, 0.1) is 0 Å². The van der Waals surface area contributed by atoms with Crippen molar-refractivity contribution < 1.29 is 18.0 Å². The van der Waals surface area contributed by atoms with Gasteiger partial charge in [0.15, 0.2) is 5.82 Å². The summed E-state index contributed by atoms with van der Waals surface area (Å²) in [6.07, 6.45) is 0. The summed E-state index contributed by atoms with van der Waals surface area (Å²) in [6.45, 7) is -2.89. The molecular weight excluding hydrogens is 438 g/mol. The summed E-state index contributed by atoms with van der Waals surface area (Å²) in [5.74, 6) is 7.54. The molecule has 0 saturated carbocycles. The van der Waals surface area contributed by atoms with E-state index in [2.05, 4.69) is 25.1 Å². The summed E-state index contributed by atoms with van der Waals surface area (Å²) in [7, 11) is 0. The molecule has 2 aromatic heterocycles. The number of aromatic nitrogens is 5. The van der Waals surface area contributed by atoms with Gasteiger partial charge in [-0.3, -0.25) is 0 Å². The van der Waals surface area contributed by atoms with Crippen molar-refractivity contribution in [1.29, 1.82) is 0 Å². The molecule has 2 heterocycles. The number of rotatable bonds is 7. The molecule has 0 spiro atoms. The van der Waals surface area contributed by atoms with Crippen molar-refractivity contribution in [2.75, 3.05) is 5.84 Å². The molecule has 2 N–H and O–H groups in total. The zero-order valence-electron chi connectivity index (χ0n) is 15.1. The van der Waals surface area contributed by atoms with Crippen molar-refractivity contribution in [2.24, 2.45) is 0 Å². The largest absolute Gasteiger partial charge is 0.435 e. The molecule has 12 heteroatoms. The van der Waals surface area contributed by atoms with E-state index in [9.17, 15) is 8.78 Å².